The van der Waals surface area contributed by atoms with E-state index in [2.05, 4.69) is 25.5 Å². The molecule has 2 aromatic heterocycles. The second-order valence-corrected chi connectivity index (χ2v) is 6.93. The highest BCUT2D eigenvalue weighted by Crippen LogP contribution is 2.27. The van der Waals surface area contributed by atoms with Crippen molar-refractivity contribution in [2.24, 2.45) is 0 Å². The first-order valence-electron chi connectivity index (χ1n) is 9.73. The Balaban J connectivity index is 1.60. The van der Waals surface area contributed by atoms with Gasteiger partial charge in [0.25, 0.3) is 5.91 Å². The summed E-state index contributed by atoms with van der Waals surface area (Å²) >= 11 is 0. The van der Waals surface area contributed by atoms with E-state index in [9.17, 15) is 14.3 Å². The van der Waals surface area contributed by atoms with Gasteiger partial charge < -0.3 is 16.2 Å². The number of aliphatic hydroxyl groups is 1. The van der Waals surface area contributed by atoms with E-state index in [1.165, 1.54) is 30.7 Å². The van der Waals surface area contributed by atoms with E-state index in [-0.39, 0.29) is 23.7 Å². The minimum Gasteiger partial charge on any atom is -0.394 e. The van der Waals surface area contributed by atoms with Crippen molar-refractivity contribution in [1.29, 1.82) is 0 Å². The molecule has 9 heteroatoms. The van der Waals surface area contributed by atoms with E-state index >= 15 is 0 Å². The van der Waals surface area contributed by atoms with Crippen LogP contribution in [0.3, 0.4) is 0 Å². The maximum absolute atomic E-state index is 14.9. The summed E-state index contributed by atoms with van der Waals surface area (Å²) in [4.78, 5) is 21.2. The Labute approximate surface area is 183 Å². The van der Waals surface area contributed by atoms with Crippen LogP contribution >= 0.6 is 0 Å². The number of rotatable bonds is 6. The molecule has 8 nitrogen and oxygen atoms in total. The molecular formula is C23H19FN6O2. The van der Waals surface area contributed by atoms with Gasteiger partial charge in [-0.1, -0.05) is 36.4 Å². The molecule has 2 aromatic carbocycles. The largest absolute Gasteiger partial charge is 0.394 e. The number of nitrogen functional groups attached to an aromatic ring is 1. The van der Waals surface area contributed by atoms with Gasteiger partial charge >= 0.3 is 0 Å². The van der Waals surface area contributed by atoms with Crippen molar-refractivity contribution in [3.63, 3.8) is 0 Å². The number of halogens is 1. The molecule has 0 saturated heterocycles. The highest BCUT2D eigenvalue weighted by atomic mass is 19.1. The fourth-order valence-electron chi connectivity index (χ4n) is 3.19. The molecule has 32 heavy (non-hydrogen) atoms. The summed E-state index contributed by atoms with van der Waals surface area (Å²) in [6.45, 7) is -0.321. The van der Waals surface area contributed by atoms with Crippen LogP contribution in [0, 0.1) is 5.82 Å². The van der Waals surface area contributed by atoms with E-state index in [1.54, 1.807) is 36.4 Å². The van der Waals surface area contributed by atoms with Crippen molar-refractivity contribution in [2.45, 2.75) is 6.04 Å². The molecule has 4 N–H and O–H groups in total. The number of nitrogens with one attached hydrogen (secondary N) is 1. The van der Waals surface area contributed by atoms with Crippen molar-refractivity contribution in [3.05, 3.63) is 90.1 Å². The SMILES string of the molecule is Nc1ncc(-c2ccnnc2)nc1-c1ccc(C(=O)N[C@H](CO)c2ccccc2)c(F)c1. The van der Waals surface area contributed by atoms with Crippen molar-refractivity contribution in [2.75, 3.05) is 12.3 Å². The maximum Gasteiger partial charge on any atom is 0.254 e. The molecule has 0 saturated carbocycles. The number of nitrogens with two attached hydrogens (primary N) is 1. The minimum absolute atomic E-state index is 0.122. The number of aromatic nitrogens is 4. The van der Waals surface area contributed by atoms with E-state index < -0.39 is 17.8 Å². The van der Waals surface area contributed by atoms with Crippen molar-refractivity contribution >= 4 is 11.7 Å². The van der Waals surface area contributed by atoms with E-state index in [0.717, 1.165) is 0 Å². The van der Waals surface area contributed by atoms with Gasteiger partial charge in [0.1, 0.15) is 17.3 Å². The highest BCUT2D eigenvalue weighted by molar-refractivity contribution is 5.95. The fourth-order valence-corrected chi connectivity index (χ4v) is 3.19. The van der Waals surface area contributed by atoms with Gasteiger partial charge in [-0.15, -0.1) is 0 Å². The second kappa shape index (κ2) is 9.27. The molecule has 0 aliphatic carbocycles. The molecule has 4 rings (SSSR count). The van der Waals surface area contributed by atoms with Gasteiger partial charge in [-0.2, -0.15) is 10.2 Å². The minimum atomic E-state index is -0.748. The Kier molecular flexibility index (Phi) is 6.09. The number of hydrogen-bond acceptors (Lipinski definition) is 7. The molecule has 160 valence electrons. The molecule has 1 amide bonds. The molecule has 0 unspecified atom stereocenters. The summed E-state index contributed by atoms with van der Waals surface area (Å²) in [5.74, 6) is -1.27. The lowest BCUT2D eigenvalue weighted by Crippen LogP contribution is -2.31. The molecule has 0 bridgehead atoms. The number of carbonyl (C=O) groups excluding carboxylic acids is 1. The van der Waals surface area contributed by atoms with Crippen molar-refractivity contribution in [3.8, 4) is 22.5 Å². The van der Waals surface area contributed by atoms with Crippen LogP contribution in [0.1, 0.15) is 22.0 Å². The van der Waals surface area contributed by atoms with Crippen LogP contribution in [0.5, 0.6) is 0 Å². The molecule has 1 atom stereocenters. The van der Waals surface area contributed by atoms with Crippen LogP contribution in [0.25, 0.3) is 22.5 Å². The zero-order valence-electron chi connectivity index (χ0n) is 16.8. The average molecular weight is 430 g/mol. The van der Waals surface area contributed by atoms with Gasteiger partial charge in [0, 0.05) is 11.1 Å². The summed E-state index contributed by atoms with van der Waals surface area (Å²) in [7, 11) is 0. The predicted molar refractivity (Wildman–Crippen MR) is 117 cm³/mol. The molecule has 0 radical (unpaired) electrons. The van der Waals surface area contributed by atoms with E-state index in [4.69, 9.17) is 5.73 Å². The van der Waals surface area contributed by atoms with Crippen LogP contribution in [0.4, 0.5) is 10.2 Å². The topological polar surface area (TPSA) is 127 Å². The molecule has 0 spiro atoms. The number of nitrogens with zero attached hydrogens (tertiary/aromatic N) is 4. The lowest BCUT2D eigenvalue weighted by molar-refractivity contribution is 0.0912. The van der Waals surface area contributed by atoms with E-state index in [1.807, 2.05) is 6.07 Å². The van der Waals surface area contributed by atoms with Gasteiger partial charge in [-0.25, -0.2) is 14.4 Å². The van der Waals surface area contributed by atoms with Crippen LogP contribution in [0.15, 0.2) is 73.2 Å². The first-order valence-corrected chi connectivity index (χ1v) is 9.73. The number of anilines is 1. The van der Waals surface area contributed by atoms with Crippen molar-refractivity contribution in [1.82, 2.24) is 25.5 Å². The van der Waals surface area contributed by atoms with Crippen LogP contribution in [-0.4, -0.2) is 37.8 Å². The molecule has 2 heterocycles. The Bertz CT molecular complexity index is 1240. The number of benzene rings is 2. The first-order chi connectivity index (χ1) is 15.6. The standard InChI is InChI=1S/C23H19FN6O2/c24-18-10-15(21-22(25)26-12-19(29-21)16-8-9-27-28-11-16)6-7-17(18)23(32)30-20(13-31)14-4-2-1-3-5-14/h1-12,20,31H,13H2,(H2,25,26)(H,30,32)/t20-/m1/s1. The third-order valence-electron chi connectivity index (χ3n) is 4.86. The summed E-state index contributed by atoms with van der Waals surface area (Å²) in [5.41, 5.74) is 8.35. The smallest absolute Gasteiger partial charge is 0.254 e. The quantitative estimate of drug-likeness (QED) is 0.429. The second-order valence-electron chi connectivity index (χ2n) is 6.93. The van der Waals surface area contributed by atoms with Crippen molar-refractivity contribution < 1.29 is 14.3 Å². The van der Waals surface area contributed by atoms with Gasteiger partial charge in [0.2, 0.25) is 0 Å². The lowest BCUT2D eigenvalue weighted by Gasteiger charge is -2.17. The van der Waals surface area contributed by atoms with Gasteiger partial charge in [-0.3, -0.25) is 4.79 Å². The predicted octanol–water partition coefficient (Wildman–Crippen LogP) is 2.79. The third kappa shape index (κ3) is 4.42. The highest BCUT2D eigenvalue weighted by Gasteiger charge is 2.19. The van der Waals surface area contributed by atoms with Crippen LogP contribution in [-0.2, 0) is 0 Å². The van der Waals surface area contributed by atoms with E-state index in [0.29, 0.717) is 22.4 Å². The summed E-state index contributed by atoms with van der Waals surface area (Å²) in [6.07, 6.45) is 4.55. The molecule has 4 aromatic rings. The maximum atomic E-state index is 14.9. The number of hydrogen-bond donors (Lipinski definition) is 3. The summed E-state index contributed by atoms with van der Waals surface area (Å²) < 4.78 is 14.9. The Hall–Kier alpha value is -4.24. The van der Waals surface area contributed by atoms with Gasteiger partial charge in [0.05, 0.1) is 42.5 Å². The van der Waals surface area contributed by atoms with Gasteiger partial charge in [-0.05, 0) is 23.8 Å². The number of amides is 1. The van der Waals surface area contributed by atoms with Crippen LogP contribution in [0.2, 0.25) is 0 Å². The monoisotopic (exact) mass is 430 g/mol. The normalized spacial score (nSPS) is 11.7. The summed E-state index contributed by atoms with van der Waals surface area (Å²) in [5, 5.41) is 19.8. The molecule has 0 aliphatic rings. The van der Waals surface area contributed by atoms with Gasteiger partial charge in [0.15, 0.2) is 0 Å². The number of aliphatic hydroxyl groups excluding tert-OH is 1. The Morgan fingerprint density at radius 2 is 1.88 bits per heavy atom. The zero-order chi connectivity index (χ0) is 22.5. The lowest BCUT2D eigenvalue weighted by atomic mass is 10.0. The Morgan fingerprint density at radius 1 is 1.06 bits per heavy atom. The fraction of sp³-hybridized carbons (Fsp3) is 0.0870. The molecule has 0 aliphatic heterocycles. The Morgan fingerprint density at radius 3 is 2.56 bits per heavy atom. The first kappa shape index (κ1) is 21.0. The third-order valence-corrected chi connectivity index (χ3v) is 4.86. The molecule has 0 fully saturated rings. The zero-order valence-corrected chi connectivity index (χ0v) is 16.8. The average Bonchev–Trinajstić information content (AvgIpc) is 2.83. The van der Waals surface area contributed by atoms with Crippen LogP contribution < -0.4 is 11.1 Å². The molecular weight excluding hydrogens is 411 g/mol. The summed E-state index contributed by atoms with van der Waals surface area (Å²) in [6, 6.07) is 14.1. The number of carbonyl (C=O) groups is 1.